The molecule has 1 atom stereocenters. The van der Waals surface area contributed by atoms with Crippen molar-refractivity contribution in [1.82, 2.24) is 5.32 Å². The number of para-hydroxylation sites is 1. The topological polar surface area (TPSA) is 132 Å². The molecule has 3 aromatic carbocycles. The maximum absolute atomic E-state index is 14.0. The summed E-state index contributed by atoms with van der Waals surface area (Å²) in [4.78, 5) is 26.2. The Bertz CT molecular complexity index is 1540. The van der Waals surface area contributed by atoms with Crippen LogP contribution in [-0.2, 0) is 19.6 Å². The number of carbonyl (C=O) groups is 2. The van der Waals surface area contributed by atoms with E-state index in [1.165, 1.54) is 57.7 Å². The molecule has 0 bridgehead atoms. The molecule has 3 aromatic rings. The first-order valence-electron chi connectivity index (χ1n) is 13.0. The number of carbonyl (C=O) groups excluding carboxylic acids is 2. The molecule has 224 valence electrons. The van der Waals surface area contributed by atoms with Gasteiger partial charge in [-0.05, 0) is 55.3 Å². The molecule has 0 radical (unpaired) electrons. The Labute approximate surface area is 249 Å². The van der Waals surface area contributed by atoms with Crippen LogP contribution in [-0.4, -0.2) is 67.4 Å². The molecule has 0 aliphatic carbocycles. The molecule has 0 unspecified atom stereocenters. The fourth-order valence-corrected chi connectivity index (χ4v) is 6.08. The summed E-state index contributed by atoms with van der Waals surface area (Å²) < 4.78 is 50.4. The van der Waals surface area contributed by atoms with E-state index in [-0.39, 0.29) is 44.5 Å². The van der Waals surface area contributed by atoms with Crippen molar-refractivity contribution in [3.63, 3.8) is 0 Å². The van der Waals surface area contributed by atoms with Gasteiger partial charge in [-0.3, -0.25) is 13.9 Å². The molecular weight excluding hydrogens is 586 g/mol. The zero-order valence-corrected chi connectivity index (χ0v) is 25.0. The Morgan fingerprint density at radius 3 is 2.38 bits per heavy atom. The van der Waals surface area contributed by atoms with Gasteiger partial charge in [-0.25, -0.2) is 8.42 Å². The van der Waals surface area contributed by atoms with Crippen LogP contribution in [0.4, 0.5) is 11.4 Å². The Hall–Kier alpha value is -4.00. The van der Waals surface area contributed by atoms with Crippen LogP contribution in [0, 0.1) is 0 Å². The van der Waals surface area contributed by atoms with Gasteiger partial charge in [0, 0.05) is 24.2 Å². The molecule has 13 heteroatoms. The minimum absolute atomic E-state index is 0.0394. The first-order valence-corrected chi connectivity index (χ1v) is 14.9. The van der Waals surface area contributed by atoms with Gasteiger partial charge in [0.1, 0.15) is 12.3 Å². The first-order chi connectivity index (χ1) is 20.2. The number of methoxy groups -OCH3 is 3. The van der Waals surface area contributed by atoms with Crippen molar-refractivity contribution >= 4 is 44.8 Å². The van der Waals surface area contributed by atoms with Gasteiger partial charge in [0.2, 0.25) is 5.91 Å². The molecular formula is C29H32ClN3O8S. The number of hydrogen-bond acceptors (Lipinski definition) is 8. The SMILES string of the molecule is COc1ccc(S(=O)(=O)N(CC(=O)Nc2ccccc2C(=O)NC[C@@H]2CCCO2)c2cc(Cl)ccc2OC)cc1OC. The number of hydrogen-bond donors (Lipinski definition) is 2. The second-order valence-electron chi connectivity index (χ2n) is 9.28. The second-order valence-corrected chi connectivity index (χ2v) is 11.6. The van der Waals surface area contributed by atoms with Gasteiger partial charge >= 0.3 is 0 Å². The number of amides is 2. The van der Waals surface area contributed by atoms with Gasteiger partial charge in [0.25, 0.3) is 15.9 Å². The van der Waals surface area contributed by atoms with E-state index in [2.05, 4.69) is 10.6 Å². The fourth-order valence-electron chi connectivity index (χ4n) is 4.48. The van der Waals surface area contributed by atoms with Crippen molar-refractivity contribution in [2.24, 2.45) is 0 Å². The Morgan fingerprint density at radius 2 is 1.69 bits per heavy atom. The van der Waals surface area contributed by atoms with Crippen molar-refractivity contribution < 1.29 is 37.0 Å². The second kappa shape index (κ2) is 13.8. The van der Waals surface area contributed by atoms with E-state index >= 15 is 0 Å². The number of nitrogens with zero attached hydrogens (tertiary/aromatic N) is 1. The van der Waals surface area contributed by atoms with Crippen molar-refractivity contribution in [1.29, 1.82) is 0 Å². The highest BCUT2D eigenvalue weighted by molar-refractivity contribution is 7.92. The molecule has 2 amide bonds. The summed E-state index contributed by atoms with van der Waals surface area (Å²) in [6.07, 6.45) is 1.74. The number of halogens is 1. The van der Waals surface area contributed by atoms with Crippen molar-refractivity contribution in [2.75, 3.05) is 50.6 Å². The fraction of sp³-hybridized carbons (Fsp3) is 0.310. The van der Waals surface area contributed by atoms with Gasteiger partial charge in [-0.1, -0.05) is 23.7 Å². The number of ether oxygens (including phenoxy) is 4. The van der Waals surface area contributed by atoms with E-state index in [9.17, 15) is 18.0 Å². The highest BCUT2D eigenvalue weighted by atomic mass is 35.5. The van der Waals surface area contributed by atoms with E-state index in [1.807, 2.05) is 0 Å². The predicted molar refractivity (Wildman–Crippen MR) is 158 cm³/mol. The van der Waals surface area contributed by atoms with Crippen molar-refractivity contribution in [3.8, 4) is 17.2 Å². The lowest BCUT2D eigenvalue weighted by atomic mass is 10.1. The van der Waals surface area contributed by atoms with E-state index in [0.717, 1.165) is 17.1 Å². The Kier molecular flexibility index (Phi) is 10.2. The maximum Gasteiger partial charge on any atom is 0.265 e. The number of rotatable bonds is 12. The minimum Gasteiger partial charge on any atom is -0.495 e. The zero-order valence-electron chi connectivity index (χ0n) is 23.4. The van der Waals surface area contributed by atoms with Crippen molar-refractivity contribution in [2.45, 2.75) is 23.8 Å². The van der Waals surface area contributed by atoms with E-state index in [0.29, 0.717) is 18.9 Å². The number of anilines is 2. The van der Waals surface area contributed by atoms with Crippen molar-refractivity contribution in [3.05, 3.63) is 71.2 Å². The molecule has 1 aliphatic rings. The average molecular weight is 618 g/mol. The third-order valence-electron chi connectivity index (χ3n) is 6.60. The molecule has 1 saturated heterocycles. The predicted octanol–water partition coefficient (Wildman–Crippen LogP) is 4.11. The van der Waals surface area contributed by atoms with Crippen LogP contribution < -0.4 is 29.1 Å². The van der Waals surface area contributed by atoms with Crippen LogP contribution in [0.15, 0.2) is 65.6 Å². The molecule has 1 fully saturated rings. The van der Waals surface area contributed by atoms with Gasteiger partial charge < -0.3 is 29.6 Å². The summed E-state index contributed by atoms with van der Waals surface area (Å²) in [5.74, 6) is -0.419. The number of nitrogens with one attached hydrogen (secondary N) is 2. The van der Waals surface area contributed by atoms with E-state index < -0.39 is 28.4 Å². The third kappa shape index (κ3) is 7.07. The van der Waals surface area contributed by atoms with Crippen LogP contribution in [0.3, 0.4) is 0 Å². The quantitative estimate of drug-likeness (QED) is 0.310. The molecule has 0 aromatic heterocycles. The molecule has 2 N–H and O–H groups in total. The summed E-state index contributed by atoms with van der Waals surface area (Å²) in [7, 11) is -0.200. The molecule has 11 nitrogen and oxygen atoms in total. The average Bonchev–Trinajstić information content (AvgIpc) is 3.52. The lowest BCUT2D eigenvalue weighted by molar-refractivity contribution is -0.114. The molecule has 0 spiro atoms. The first kappa shape index (κ1) is 30.9. The molecule has 4 rings (SSSR count). The van der Waals surface area contributed by atoms with Gasteiger partial charge in [-0.2, -0.15) is 0 Å². The highest BCUT2D eigenvalue weighted by Gasteiger charge is 2.31. The van der Waals surface area contributed by atoms with Crippen LogP contribution >= 0.6 is 11.6 Å². The summed E-state index contributed by atoms with van der Waals surface area (Å²) in [5, 5.41) is 5.74. The van der Waals surface area contributed by atoms with E-state index in [1.54, 1.807) is 24.3 Å². The molecule has 42 heavy (non-hydrogen) atoms. The standard InChI is InChI=1S/C29H32ClN3O8S/c1-38-25-12-10-19(30)15-24(25)33(42(36,37)21-11-13-26(39-2)27(16-21)40-3)18-28(34)32-23-9-5-4-8-22(23)29(35)31-17-20-7-6-14-41-20/h4-5,8-13,15-16,20H,6-7,14,17-18H2,1-3H3,(H,31,35)(H,32,34)/t20-/m0/s1. The van der Waals surface area contributed by atoms with Crippen LogP contribution in [0.25, 0.3) is 0 Å². The minimum atomic E-state index is -4.39. The number of sulfonamides is 1. The number of benzene rings is 3. The van der Waals surface area contributed by atoms with Crippen LogP contribution in [0.2, 0.25) is 5.02 Å². The molecule has 0 saturated carbocycles. The largest absolute Gasteiger partial charge is 0.495 e. The zero-order chi connectivity index (χ0) is 30.3. The highest BCUT2D eigenvalue weighted by Crippen LogP contribution is 2.37. The summed E-state index contributed by atoms with van der Waals surface area (Å²) in [6.45, 7) is 0.333. The van der Waals surface area contributed by atoms with Gasteiger partial charge in [0.15, 0.2) is 11.5 Å². The van der Waals surface area contributed by atoms with E-state index in [4.69, 9.17) is 30.5 Å². The van der Waals surface area contributed by atoms with Gasteiger partial charge in [-0.15, -0.1) is 0 Å². The summed E-state index contributed by atoms with van der Waals surface area (Å²) in [6, 6.07) is 15.0. The summed E-state index contributed by atoms with van der Waals surface area (Å²) in [5.41, 5.74) is 0.477. The smallest absolute Gasteiger partial charge is 0.265 e. The summed E-state index contributed by atoms with van der Waals surface area (Å²) >= 11 is 6.23. The lowest BCUT2D eigenvalue weighted by Gasteiger charge is -2.26. The monoisotopic (exact) mass is 617 g/mol. The van der Waals surface area contributed by atoms with Crippen LogP contribution in [0.5, 0.6) is 17.2 Å². The Morgan fingerprint density at radius 1 is 0.976 bits per heavy atom. The Balaban J connectivity index is 1.65. The van der Waals surface area contributed by atoms with Crippen LogP contribution in [0.1, 0.15) is 23.2 Å². The maximum atomic E-state index is 14.0. The lowest BCUT2D eigenvalue weighted by Crippen LogP contribution is -2.39. The van der Waals surface area contributed by atoms with Gasteiger partial charge in [0.05, 0.1) is 49.3 Å². The molecule has 1 heterocycles. The third-order valence-corrected chi connectivity index (χ3v) is 8.59. The normalized spacial score (nSPS) is 14.6. The molecule has 1 aliphatic heterocycles.